The fraction of sp³-hybridized carbons (Fsp3) is 0.800. The normalized spacial score (nSPS) is 34.4. The quantitative estimate of drug-likeness (QED) is 0.719. The van der Waals surface area contributed by atoms with E-state index in [1.807, 2.05) is 0 Å². The van der Waals surface area contributed by atoms with Crippen molar-refractivity contribution in [2.75, 3.05) is 0 Å². The second kappa shape index (κ2) is 4.63. The Labute approximate surface area is 114 Å². The van der Waals surface area contributed by atoms with Gasteiger partial charge in [-0.2, -0.15) is 5.26 Å². The van der Waals surface area contributed by atoms with E-state index in [9.17, 15) is 14.9 Å². The molecule has 1 saturated carbocycles. The monoisotopic (exact) mass is 262 g/mol. The van der Waals surface area contributed by atoms with Crippen LogP contribution in [0.4, 0.5) is 0 Å². The second-order valence-corrected chi connectivity index (χ2v) is 6.59. The van der Waals surface area contributed by atoms with Crippen LogP contribution in [-0.4, -0.2) is 22.3 Å². The molecule has 0 bridgehead atoms. The highest BCUT2D eigenvalue weighted by Crippen LogP contribution is 2.43. The van der Waals surface area contributed by atoms with Crippen LogP contribution >= 0.6 is 0 Å². The van der Waals surface area contributed by atoms with Crippen LogP contribution in [0.1, 0.15) is 59.3 Å². The number of likely N-dealkylation sites (tertiary alicyclic amines) is 1. The molecule has 1 aliphatic carbocycles. The molecule has 0 radical (unpaired) electrons. The highest BCUT2D eigenvalue weighted by atomic mass is 16.2. The van der Waals surface area contributed by atoms with Gasteiger partial charge in [0.1, 0.15) is 5.54 Å². The minimum atomic E-state index is -0.881. The third-order valence-corrected chi connectivity index (χ3v) is 4.77. The Morgan fingerprint density at radius 2 is 1.89 bits per heavy atom. The van der Waals surface area contributed by atoms with E-state index < -0.39 is 11.0 Å². The molecule has 0 atom stereocenters. The van der Waals surface area contributed by atoms with Crippen molar-refractivity contribution in [3.05, 3.63) is 0 Å². The van der Waals surface area contributed by atoms with Gasteiger partial charge in [-0.15, -0.1) is 0 Å². The Kier molecular flexibility index (Phi) is 3.42. The van der Waals surface area contributed by atoms with Gasteiger partial charge in [0.15, 0.2) is 0 Å². The highest BCUT2D eigenvalue weighted by Gasteiger charge is 2.54. The average molecular weight is 262 g/mol. The molecule has 4 heteroatoms. The zero-order valence-electron chi connectivity index (χ0n) is 12.0. The van der Waals surface area contributed by atoms with Gasteiger partial charge in [0.25, 0.3) is 0 Å². The Morgan fingerprint density at radius 1 is 1.32 bits per heavy atom. The summed E-state index contributed by atoms with van der Waals surface area (Å²) in [7, 11) is 0. The zero-order chi connectivity index (χ0) is 14.3. The fourth-order valence-corrected chi connectivity index (χ4v) is 3.33. The molecule has 0 spiro atoms. The maximum absolute atomic E-state index is 12.4. The molecular weight excluding hydrogens is 240 g/mol. The predicted octanol–water partition coefficient (Wildman–Crippen LogP) is 2.63. The van der Waals surface area contributed by atoms with E-state index in [1.54, 1.807) is 13.8 Å². The molecule has 4 nitrogen and oxygen atoms in total. The molecule has 2 amide bonds. The molecule has 0 aromatic heterocycles. The summed E-state index contributed by atoms with van der Waals surface area (Å²) in [6.07, 6.45) is 4.47. The molecule has 19 heavy (non-hydrogen) atoms. The molecule has 2 rings (SSSR count). The smallest absolute Gasteiger partial charge is 0.236 e. The zero-order valence-corrected chi connectivity index (χ0v) is 12.0. The average Bonchev–Trinajstić information content (AvgIpc) is 2.59. The van der Waals surface area contributed by atoms with Gasteiger partial charge < -0.3 is 0 Å². The van der Waals surface area contributed by atoms with Gasteiger partial charge in [0.05, 0.1) is 11.5 Å². The summed E-state index contributed by atoms with van der Waals surface area (Å²) < 4.78 is 0. The highest BCUT2D eigenvalue weighted by molar-refractivity contribution is 6.06. The molecule has 1 saturated heterocycles. The number of hydrogen-bond donors (Lipinski definition) is 0. The van der Waals surface area contributed by atoms with Crippen LogP contribution in [0.25, 0.3) is 0 Å². The van der Waals surface area contributed by atoms with Crippen molar-refractivity contribution in [2.24, 2.45) is 11.3 Å². The second-order valence-electron chi connectivity index (χ2n) is 6.59. The molecule has 0 aromatic carbocycles. The lowest BCUT2D eigenvalue weighted by molar-refractivity contribution is -0.147. The molecule has 2 fully saturated rings. The maximum Gasteiger partial charge on any atom is 0.236 e. The van der Waals surface area contributed by atoms with Crippen molar-refractivity contribution in [3.63, 3.8) is 0 Å². The lowest BCUT2D eigenvalue weighted by Gasteiger charge is -2.40. The van der Waals surface area contributed by atoms with Gasteiger partial charge in [0.2, 0.25) is 11.8 Å². The number of carbonyl (C=O) groups excluding carboxylic acids is 2. The lowest BCUT2D eigenvalue weighted by atomic mass is 9.75. The van der Waals surface area contributed by atoms with Crippen molar-refractivity contribution in [2.45, 2.75) is 64.8 Å². The van der Waals surface area contributed by atoms with E-state index in [2.05, 4.69) is 13.0 Å². The molecule has 1 heterocycles. The van der Waals surface area contributed by atoms with Gasteiger partial charge >= 0.3 is 0 Å². The van der Waals surface area contributed by atoms with E-state index in [0.29, 0.717) is 18.8 Å². The summed E-state index contributed by atoms with van der Waals surface area (Å²) in [6, 6.07) is 2.29. The molecule has 0 unspecified atom stereocenters. The number of hydrogen-bond acceptors (Lipinski definition) is 3. The molecule has 0 N–H and O–H groups in total. The standard InChI is InChI=1S/C15H22N2O2/c1-4-11-5-7-15(10-16,8-6-11)17-12(18)9-14(2,3)13(17)19/h11H,4-9H2,1-3H3. The fourth-order valence-electron chi connectivity index (χ4n) is 3.33. The van der Waals surface area contributed by atoms with Crippen molar-refractivity contribution in [1.29, 1.82) is 5.26 Å². The van der Waals surface area contributed by atoms with E-state index in [-0.39, 0.29) is 18.2 Å². The van der Waals surface area contributed by atoms with Crippen LogP contribution in [0.2, 0.25) is 0 Å². The number of carbonyl (C=O) groups is 2. The first-order valence-electron chi connectivity index (χ1n) is 7.15. The van der Waals surface area contributed by atoms with E-state index in [4.69, 9.17) is 0 Å². The first-order valence-corrected chi connectivity index (χ1v) is 7.15. The van der Waals surface area contributed by atoms with Gasteiger partial charge in [0, 0.05) is 6.42 Å². The summed E-state index contributed by atoms with van der Waals surface area (Å²) in [4.78, 5) is 25.9. The van der Waals surface area contributed by atoms with Gasteiger partial charge in [-0.05, 0) is 31.6 Å². The first-order chi connectivity index (χ1) is 8.86. The van der Waals surface area contributed by atoms with Crippen LogP contribution in [-0.2, 0) is 9.59 Å². The van der Waals surface area contributed by atoms with Gasteiger partial charge in [-0.25, -0.2) is 0 Å². The Bertz CT molecular complexity index is 440. The summed E-state index contributed by atoms with van der Waals surface area (Å²) in [5, 5.41) is 9.57. The van der Waals surface area contributed by atoms with Crippen molar-refractivity contribution in [3.8, 4) is 6.07 Å². The molecule has 1 aliphatic heterocycles. The topological polar surface area (TPSA) is 61.2 Å². The van der Waals surface area contributed by atoms with Crippen LogP contribution in [0, 0.1) is 22.7 Å². The maximum atomic E-state index is 12.4. The first kappa shape index (κ1) is 14.0. The lowest BCUT2D eigenvalue weighted by Crippen LogP contribution is -2.53. The van der Waals surface area contributed by atoms with Crippen LogP contribution in [0.3, 0.4) is 0 Å². The number of amides is 2. The van der Waals surface area contributed by atoms with E-state index >= 15 is 0 Å². The van der Waals surface area contributed by atoms with Gasteiger partial charge in [-0.3, -0.25) is 14.5 Å². The minimum Gasteiger partial charge on any atom is -0.274 e. The SMILES string of the molecule is CCC1CCC(C#N)(N2C(=O)CC(C)(C)C2=O)CC1. The summed E-state index contributed by atoms with van der Waals surface area (Å²) in [5.74, 6) is 0.280. The molecule has 0 aromatic rings. The third-order valence-electron chi connectivity index (χ3n) is 4.77. The molecular formula is C15H22N2O2. The summed E-state index contributed by atoms with van der Waals surface area (Å²) in [6.45, 7) is 5.73. The number of imide groups is 1. The largest absolute Gasteiger partial charge is 0.274 e. The van der Waals surface area contributed by atoms with Crippen molar-refractivity contribution >= 4 is 11.8 Å². The Hall–Kier alpha value is -1.37. The number of nitrogens with zero attached hydrogens (tertiary/aromatic N) is 2. The van der Waals surface area contributed by atoms with E-state index in [0.717, 1.165) is 19.3 Å². The van der Waals surface area contributed by atoms with Crippen molar-refractivity contribution in [1.82, 2.24) is 4.90 Å². The minimum absolute atomic E-state index is 0.172. The third kappa shape index (κ3) is 2.16. The summed E-state index contributed by atoms with van der Waals surface area (Å²) >= 11 is 0. The summed E-state index contributed by atoms with van der Waals surface area (Å²) in [5.41, 5.74) is -1.53. The van der Waals surface area contributed by atoms with Crippen LogP contribution in [0.5, 0.6) is 0 Å². The van der Waals surface area contributed by atoms with Crippen LogP contribution < -0.4 is 0 Å². The predicted molar refractivity (Wildman–Crippen MR) is 70.8 cm³/mol. The Morgan fingerprint density at radius 3 is 2.26 bits per heavy atom. The van der Waals surface area contributed by atoms with E-state index in [1.165, 1.54) is 4.90 Å². The number of rotatable bonds is 2. The molecule has 104 valence electrons. The van der Waals surface area contributed by atoms with Crippen molar-refractivity contribution < 1.29 is 9.59 Å². The molecule has 2 aliphatic rings. The number of nitriles is 1. The van der Waals surface area contributed by atoms with Gasteiger partial charge in [-0.1, -0.05) is 27.2 Å². The Balaban J connectivity index is 2.27. The van der Waals surface area contributed by atoms with Crippen LogP contribution in [0.15, 0.2) is 0 Å².